The van der Waals surface area contributed by atoms with Gasteiger partial charge in [0, 0.05) is 30.0 Å². The minimum absolute atomic E-state index is 0.00442. The Balaban J connectivity index is 1.64. The molecule has 0 bridgehead atoms. The van der Waals surface area contributed by atoms with Gasteiger partial charge in [-0.15, -0.1) is 0 Å². The van der Waals surface area contributed by atoms with E-state index in [1.54, 1.807) is 6.92 Å². The standard InChI is InChI=1S/C29H27FN2O3/c1-18-6-5-7-20(16-18)26-25(27(33)21-8-13-24(30)19(2)17-21)28(34)29(35)32(26)23-11-9-22(10-12-23)31-14-3-4-15-31/h5-13,16-17,26,33H,3-4,14-15H2,1-2H3/b27-25-. The van der Waals surface area contributed by atoms with Crippen molar-refractivity contribution in [3.63, 3.8) is 0 Å². The Morgan fingerprint density at radius 2 is 1.60 bits per heavy atom. The molecular weight excluding hydrogens is 443 g/mol. The summed E-state index contributed by atoms with van der Waals surface area (Å²) in [6.07, 6.45) is 2.32. The number of aliphatic hydroxyl groups excluding tert-OH is 1. The molecule has 1 atom stereocenters. The van der Waals surface area contributed by atoms with Crippen LogP contribution in [0.4, 0.5) is 15.8 Å². The van der Waals surface area contributed by atoms with Crippen molar-refractivity contribution in [3.8, 4) is 0 Å². The largest absolute Gasteiger partial charge is 0.507 e. The maximum Gasteiger partial charge on any atom is 0.300 e. The molecule has 2 saturated heterocycles. The number of ketones is 1. The molecule has 0 spiro atoms. The minimum atomic E-state index is -0.808. The topological polar surface area (TPSA) is 60.9 Å². The smallest absolute Gasteiger partial charge is 0.300 e. The predicted octanol–water partition coefficient (Wildman–Crippen LogP) is 5.67. The van der Waals surface area contributed by atoms with Crippen molar-refractivity contribution in [2.45, 2.75) is 32.7 Å². The number of hydrogen-bond acceptors (Lipinski definition) is 4. The van der Waals surface area contributed by atoms with E-state index in [-0.39, 0.29) is 11.3 Å². The fourth-order valence-corrected chi connectivity index (χ4v) is 5.00. The second kappa shape index (κ2) is 9.02. The molecule has 2 fully saturated rings. The van der Waals surface area contributed by atoms with Crippen LogP contribution >= 0.6 is 0 Å². The molecule has 5 nitrogen and oxygen atoms in total. The van der Waals surface area contributed by atoms with Crippen molar-refractivity contribution in [3.05, 3.63) is 100 Å². The van der Waals surface area contributed by atoms with Crippen LogP contribution in [0.3, 0.4) is 0 Å². The molecule has 178 valence electrons. The number of anilines is 2. The lowest BCUT2D eigenvalue weighted by Crippen LogP contribution is -2.29. The summed E-state index contributed by atoms with van der Waals surface area (Å²) < 4.78 is 13.9. The molecule has 0 aromatic heterocycles. The number of amides is 1. The number of aryl methyl sites for hydroxylation is 2. The van der Waals surface area contributed by atoms with Gasteiger partial charge in [0.05, 0.1) is 11.6 Å². The van der Waals surface area contributed by atoms with E-state index in [9.17, 15) is 19.1 Å². The van der Waals surface area contributed by atoms with Crippen LogP contribution in [0, 0.1) is 19.7 Å². The minimum Gasteiger partial charge on any atom is -0.507 e. The quantitative estimate of drug-likeness (QED) is 0.303. The summed E-state index contributed by atoms with van der Waals surface area (Å²) in [5.74, 6) is -2.19. The summed E-state index contributed by atoms with van der Waals surface area (Å²) in [6.45, 7) is 5.53. The highest BCUT2D eigenvalue weighted by Crippen LogP contribution is 2.42. The first-order valence-corrected chi connectivity index (χ1v) is 11.8. The number of aliphatic hydroxyl groups is 1. The molecule has 3 aromatic carbocycles. The molecule has 1 amide bonds. The Bertz CT molecular complexity index is 1340. The van der Waals surface area contributed by atoms with Crippen molar-refractivity contribution in [2.24, 2.45) is 0 Å². The Morgan fingerprint density at radius 3 is 2.26 bits per heavy atom. The first-order chi connectivity index (χ1) is 16.8. The van der Waals surface area contributed by atoms with Gasteiger partial charge in [0.2, 0.25) is 0 Å². The van der Waals surface area contributed by atoms with Gasteiger partial charge >= 0.3 is 0 Å². The average Bonchev–Trinajstić information content (AvgIpc) is 3.48. The van der Waals surface area contributed by atoms with Crippen LogP contribution in [0.25, 0.3) is 5.76 Å². The summed E-state index contributed by atoms with van der Waals surface area (Å²) in [7, 11) is 0. The second-order valence-electron chi connectivity index (χ2n) is 9.26. The van der Waals surface area contributed by atoms with E-state index >= 15 is 0 Å². The van der Waals surface area contributed by atoms with Gasteiger partial charge < -0.3 is 10.0 Å². The summed E-state index contributed by atoms with van der Waals surface area (Å²) in [4.78, 5) is 30.4. The molecule has 0 radical (unpaired) electrons. The summed E-state index contributed by atoms with van der Waals surface area (Å²) in [6, 6.07) is 18.5. The molecule has 0 aliphatic carbocycles. The third kappa shape index (κ3) is 4.09. The Kier molecular flexibility index (Phi) is 5.89. The zero-order chi connectivity index (χ0) is 24.7. The molecule has 6 heteroatoms. The number of Topliss-reactive ketones (excluding diaryl/α,β-unsaturated/α-hetero) is 1. The van der Waals surface area contributed by atoms with Crippen LogP contribution < -0.4 is 9.80 Å². The fourth-order valence-electron chi connectivity index (χ4n) is 5.00. The average molecular weight is 471 g/mol. The number of carbonyl (C=O) groups is 2. The summed E-state index contributed by atoms with van der Waals surface area (Å²) >= 11 is 0. The van der Waals surface area contributed by atoms with E-state index in [4.69, 9.17) is 0 Å². The number of hydrogen-bond donors (Lipinski definition) is 1. The zero-order valence-corrected chi connectivity index (χ0v) is 19.8. The Hall–Kier alpha value is -3.93. The molecule has 2 aliphatic rings. The van der Waals surface area contributed by atoms with Gasteiger partial charge in [-0.1, -0.05) is 29.8 Å². The highest BCUT2D eigenvalue weighted by Gasteiger charge is 2.47. The monoisotopic (exact) mass is 470 g/mol. The third-order valence-corrected chi connectivity index (χ3v) is 6.83. The lowest BCUT2D eigenvalue weighted by Gasteiger charge is -2.26. The van der Waals surface area contributed by atoms with Crippen molar-refractivity contribution in [2.75, 3.05) is 22.9 Å². The van der Waals surface area contributed by atoms with E-state index in [1.165, 1.54) is 23.1 Å². The van der Waals surface area contributed by atoms with Gasteiger partial charge in [0.25, 0.3) is 11.7 Å². The normalized spacial score (nSPS) is 19.6. The molecule has 2 heterocycles. The maximum atomic E-state index is 13.9. The lowest BCUT2D eigenvalue weighted by molar-refractivity contribution is -0.132. The highest BCUT2D eigenvalue weighted by atomic mass is 19.1. The van der Waals surface area contributed by atoms with E-state index in [1.807, 2.05) is 55.5 Å². The number of rotatable bonds is 4. The molecule has 5 rings (SSSR count). The van der Waals surface area contributed by atoms with Gasteiger partial charge in [0.1, 0.15) is 11.6 Å². The number of halogens is 1. The molecule has 0 saturated carbocycles. The van der Waals surface area contributed by atoms with Crippen LogP contribution in [0.5, 0.6) is 0 Å². The Morgan fingerprint density at radius 1 is 0.914 bits per heavy atom. The number of carbonyl (C=O) groups excluding carboxylic acids is 2. The highest BCUT2D eigenvalue weighted by molar-refractivity contribution is 6.51. The molecule has 3 aromatic rings. The van der Waals surface area contributed by atoms with Gasteiger partial charge in [-0.05, 0) is 80.3 Å². The third-order valence-electron chi connectivity index (χ3n) is 6.83. The van der Waals surface area contributed by atoms with Crippen molar-refractivity contribution in [1.82, 2.24) is 0 Å². The van der Waals surface area contributed by atoms with Gasteiger partial charge in [-0.3, -0.25) is 14.5 Å². The van der Waals surface area contributed by atoms with Gasteiger partial charge in [0.15, 0.2) is 0 Å². The maximum absolute atomic E-state index is 13.9. The van der Waals surface area contributed by atoms with Gasteiger partial charge in [-0.25, -0.2) is 4.39 Å². The summed E-state index contributed by atoms with van der Waals surface area (Å²) in [5, 5.41) is 11.2. The molecule has 35 heavy (non-hydrogen) atoms. The molecule has 1 unspecified atom stereocenters. The Labute approximate surface area is 204 Å². The van der Waals surface area contributed by atoms with Crippen molar-refractivity contribution >= 4 is 28.8 Å². The zero-order valence-electron chi connectivity index (χ0n) is 19.8. The number of benzene rings is 3. The van der Waals surface area contributed by atoms with Crippen molar-refractivity contribution < 1.29 is 19.1 Å². The van der Waals surface area contributed by atoms with Crippen LogP contribution in [0.2, 0.25) is 0 Å². The van der Waals surface area contributed by atoms with E-state index in [2.05, 4.69) is 4.90 Å². The van der Waals surface area contributed by atoms with E-state index in [0.29, 0.717) is 22.4 Å². The van der Waals surface area contributed by atoms with Crippen LogP contribution in [0.15, 0.2) is 72.3 Å². The first-order valence-electron chi connectivity index (χ1n) is 11.8. The van der Waals surface area contributed by atoms with E-state index < -0.39 is 23.5 Å². The van der Waals surface area contributed by atoms with Crippen LogP contribution in [-0.4, -0.2) is 29.9 Å². The van der Waals surface area contributed by atoms with Gasteiger partial charge in [-0.2, -0.15) is 0 Å². The predicted molar refractivity (Wildman–Crippen MR) is 135 cm³/mol. The molecular formula is C29H27FN2O3. The van der Waals surface area contributed by atoms with E-state index in [0.717, 1.165) is 37.2 Å². The number of nitrogens with zero attached hydrogens (tertiary/aromatic N) is 2. The second-order valence-corrected chi connectivity index (χ2v) is 9.26. The van der Waals surface area contributed by atoms with Crippen molar-refractivity contribution in [1.29, 1.82) is 0 Å². The molecule has 2 aliphatic heterocycles. The fraction of sp³-hybridized carbons (Fsp3) is 0.241. The van der Waals surface area contributed by atoms with Crippen LogP contribution in [0.1, 0.15) is 41.1 Å². The molecule has 1 N–H and O–H groups in total. The lowest BCUT2D eigenvalue weighted by atomic mass is 9.94. The SMILES string of the molecule is Cc1cccc(C2/C(=C(/O)c3ccc(F)c(C)c3)C(=O)C(=O)N2c2ccc(N3CCCC3)cc2)c1. The van der Waals surface area contributed by atoms with Crippen LogP contribution in [-0.2, 0) is 9.59 Å². The first kappa shape index (κ1) is 22.8. The summed E-state index contributed by atoms with van der Waals surface area (Å²) in [5.41, 5.74) is 3.97.